The van der Waals surface area contributed by atoms with E-state index in [1.807, 2.05) is 0 Å². The predicted octanol–water partition coefficient (Wildman–Crippen LogP) is 3.65. The van der Waals surface area contributed by atoms with Gasteiger partial charge in [0, 0.05) is 6.04 Å². The van der Waals surface area contributed by atoms with Gasteiger partial charge < -0.3 is 5.32 Å². The van der Waals surface area contributed by atoms with Crippen LogP contribution in [0.5, 0.6) is 0 Å². The van der Waals surface area contributed by atoms with E-state index in [0.29, 0.717) is 6.04 Å². The summed E-state index contributed by atoms with van der Waals surface area (Å²) in [6.45, 7) is 1.16. The number of rotatable bonds is 1. The average molecular weight is 211 g/mol. The molecule has 1 atom stereocenters. The van der Waals surface area contributed by atoms with Gasteiger partial charge in [-0.1, -0.05) is 42.8 Å². The Kier molecular flexibility index (Phi) is 2.63. The molecule has 1 nitrogen and oxygen atoms in total. The third-order valence-corrected chi connectivity index (χ3v) is 3.49. The van der Waals surface area contributed by atoms with Crippen molar-refractivity contribution in [2.45, 2.75) is 25.3 Å². The van der Waals surface area contributed by atoms with Gasteiger partial charge in [-0.25, -0.2) is 0 Å². The molecule has 0 bridgehead atoms. The fourth-order valence-electron chi connectivity index (χ4n) is 2.56. The molecule has 0 unspecified atom stereocenters. The molecule has 82 valence electrons. The molecule has 0 aromatic heterocycles. The van der Waals surface area contributed by atoms with Gasteiger partial charge in [0.25, 0.3) is 0 Å². The largest absolute Gasteiger partial charge is 0.310 e. The zero-order valence-corrected chi connectivity index (χ0v) is 9.45. The number of benzene rings is 2. The maximum Gasteiger partial charge on any atom is 0.0320 e. The summed E-state index contributed by atoms with van der Waals surface area (Å²) >= 11 is 0. The smallest absolute Gasteiger partial charge is 0.0320 e. The van der Waals surface area contributed by atoms with Gasteiger partial charge in [0.1, 0.15) is 0 Å². The predicted molar refractivity (Wildman–Crippen MR) is 68.5 cm³/mol. The Morgan fingerprint density at radius 1 is 0.938 bits per heavy atom. The van der Waals surface area contributed by atoms with Gasteiger partial charge in [-0.2, -0.15) is 0 Å². The lowest BCUT2D eigenvalue weighted by molar-refractivity contribution is 0.412. The minimum absolute atomic E-state index is 0.568. The first-order valence-corrected chi connectivity index (χ1v) is 6.15. The van der Waals surface area contributed by atoms with E-state index in [4.69, 9.17) is 0 Å². The number of nitrogens with one attached hydrogen (secondary N) is 1. The van der Waals surface area contributed by atoms with Gasteiger partial charge in [-0.15, -0.1) is 0 Å². The first kappa shape index (κ1) is 9.86. The van der Waals surface area contributed by atoms with Crippen LogP contribution in [-0.2, 0) is 0 Å². The van der Waals surface area contributed by atoms with Crippen molar-refractivity contribution in [1.29, 1.82) is 0 Å². The van der Waals surface area contributed by atoms with Crippen LogP contribution in [0, 0.1) is 0 Å². The summed E-state index contributed by atoms with van der Waals surface area (Å²) in [5, 5.41) is 6.29. The molecule has 0 aliphatic carbocycles. The van der Waals surface area contributed by atoms with E-state index < -0.39 is 0 Å². The van der Waals surface area contributed by atoms with Gasteiger partial charge in [0.15, 0.2) is 0 Å². The zero-order chi connectivity index (χ0) is 10.8. The Balaban J connectivity index is 1.97. The van der Waals surface area contributed by atoms with Crippen molar-refractivity contribution in [2.75, 3.05) is 6.54 Å². The van der Waals surface area contributed by atoms with Gasteiger partial charge in [-0.05, 0) is 41.8 Å². The Morgan fingerprint density at radius 2 is 1.81 bits per heavy atom. The van der Waals surface area contributed by atoms with Gasteiger partial charge in [-0.3, -0.25) is 0 Å². The molecule has 1 N–H and O–H groups in total. The fraction of sp³-hybridized carbons (Fsp3) is 0.333. The topological polar surface area (TPSA) is 12.0 Å². The second-order valence-electron chi connectivity index (χ2n) is 4.61. The van der Waals surface area contributed by atoms with Crippen LogP contribution in [0.2, 0.25) is 0 Å². The van der Waals surface area contributed by atoms with Crippen LogP contribution in [0.3, 0.4) is 0 Å². The summed E-state index contributed by atoms with van der Waals surface area (Å²) in [5.74, 6) is 0. The summed E-state index contributed by atoms with van der Waals surface area (Å²) in [6, 6.07) is 16.0. The summed E-state index contributed by atoms with van der Waals surface area (Å²) < 4.78 is 0. The van der Waals surface area contributed by atoms with Crippen LogP contribution in [-0.4, -0.2) is 6.54 Å². The second-order valence-corrected chi connectivity index (χ2v) is 4.61. The van der Waals surface area contributed by atoms with Gasteiger partial charge in [0.05, 0.1) is 0 Å². The second kappa shape index (κ2) is 4.26. The van der Waals surface area contributed by atoms with Crippen LogP contribution in [0.4, 0.5) is 0 Å². The summed E-state index contributed by atoms with van der Waals surface area (Å²) in [6.07, 6.45) is 3.95. The molecule has 1 heterocycles. The molecule has 3 rings (SSSR count). The molecule has 16 heavy (non-hydrogen) atoms. The van der Waals surface area contributed by atoms with E-state index >= 15 is 0 Å². The third-order valence-electron chi connectivity index (χ3n) is 3.49. The van der Waals surface area contributed by atoms with Crippen molar-refractivity contribution in [2.24, 2.45) is 0 Å². The Bertz CT molecular complexity index is 484. The number of piperidine rings is 1. The molecule has 1 saturated heterocycles. The van der Waals surface area contributed by atoms with Crippen LogP contribution < -0.4 is 5.32 Å². The normalized spacial score (nSPS) is 21.1. The van der Waals surface area contributed by atoms with Crippen molar-refractivity contribution < 1.29 is 0 Å². The molecular weight excluding hydrogens is 194 g/mol. The molecule has 0 saturated carbocycles. The van der Waals surface area contributed by atoms with E-state index in [2.05, 4.69) is 47.8 Å². The number of hydrogen-bond donors (Lipinski definition) is 1. The third kappa shape index (κ3) is 1.83. The average Bonchev–Trinajstić information content (AvgIpc) is 2.39. The number of hydrogen-bond acceptors (Lipinski definition) is 1. The molecule has 0 amide bonds. The highest BCUT2D eigenvalue weighted by molar-refractivity contribution is 5.83. The Labute approximate surface area is 96.5 Å². The first-order chi connectivity index (χ1) is 7.93. The van der Waals surface area contributed by atoms with E-state index in [1.54, 1.807) is 0 Å². The van der Waals surface area contributed by atoms with Crippen LogP contribution >= 0.6 is 0 Å². The van der Waals surface area contributed by atoms with E-state index in [9.17, 15) is 0 Å². The minimum Gasteiger partial charge on any atom is -0.310 e. The van der Waals surface area contributed by atoms with Crippen LogP contribution in [0.1, 0.15) is 30.9 Å². The maximum atomic E-state index is 3.60. The SMILES string of the molecule is c1ccc2cc([C@H]3CCCCN3)ccc2c1. The van der Waals surface area contributed by atoms with Gasteiger partial charge in [0.2, 0.25) is 0 Å². The molecular formula is C15H17N. The minimum atomic E-state index is 0.568. The van der Waals surface area contributed by atoms with Crippen molar-refractivity contribution >= 4 is 10.8 Å². The summed E-state index contributed by atoms with van der Waals surface area (Å²) in [4.78, 5) is 0. The summed E-state index contributed by atoms with van der Waals surface area (Å²) in [5.41, 5.74) is 1.44. The number of fused-ring (bicyclic) bond motifs is 1. The molecule has 1 heteroatoms. The molecule has 0 spiro atoms. The lowest BCUT2D eigenvalue weighted by atomic mass is 9.95. The standard InChI is InChI=1S/C15H17N/c1-2-6-13-11-14(9-8-12(13)5-1)15-7-3-4-10-16-15/h1-2,5-6,8-9,11,15-16H,3-4,7,10H2/t15-/m1/s1. The molecule has 2 aromatic rings. The van der Waals surface area contributed by atoms with E-state index in [0.717, 1.165) is 6.54 Å². The Hall–Kier alpha value is -1.34. The Morgan fingerprint density at radius 3 is 2.62 bits per heavy atom. The highest BCUT2D eigenvalue weighted by Gasteiger charge is 2.14. The lowest BCUT2D eigenvalue weighted by Gasteiger charge is -2.24. The monoisotopic (exact) mass is 211 g/mol. The van der Waals surface area contributed by atoms with Crippen molar-refractivity contribution in [3.05, 3.63) is 48.0 Å². The van der Waals surface area contributed by atoms with Gasteiger partial charge >= 0.3 is 0 Å². The molecule has 2 aromatic carbocycles. The molecule has 1 fully saturated rings. The van der Waals surface area contributed by atoms with Crippen LogP contribution in [0.25, 0.3) is 10.8 Å². The molecule has 0 radical (unpaired) electrons. The highest BCUT2D eigenvalue weighted by Crippen LogP contribution is 2.25. The zero-order valence-electron chi connectivity index (χ0n) is 9.45. The fourth-order valence-corrected chi connectivity index (χ4v) is 2.56. The first-order valence-electron chi connectivity index (χ1n) is 6.15. The van der Waals surface area contributed by atoms with Crippen molar-refractivity contribution in [3.63, 3.8) is 0 Å². The van der Waals surface area contributed by atoms with E-state index in [-0.39, 0.29) is 0 Å². The molecule has 1 aliphatic rings. The quantitative estimate of drug-likeness (QED) is 0.759. The van der Waals surface area contributed by atoms with Crippen molar-refractivity contribution in [1.82, 2.24) is 5.32 Å². The lowest BCUT2D eigenvalue weighted by Crippen LogP contribution is -2.26. The molecule has 1 aliphatic heterocycles. The summed E-state index contributed by atoms with van der Waals surface area (Å²) in [7, 11) is 0. The maximum absolute atomic E-state index is 3.60. The van der Waals surface area contributed by atoms with E-state index in [1.165, 1.54) is 35.6 Å². The van der Waals surface area contributed by atoms with Crippen molar-refractivity contribution in [3.8, 4) is 0 Å². The van der Waals surface area contributed by atoms with Crippen LogP contribution in [0.15, 0.2) is 42.5 Å². The highest BCUT2D eigenvalue weighted by atomic mass is 14.9.